The number of hydrogen-bond acceptors (Lipinski definition) is 6. The molecule has 3 heterocycles. The maximum absolute atomic E-state index is 12.6. The first-order valence-corrected chi connectivity index (χ1v) is 11.2. The summed E-state index contributed by atoms with van der Waals surface area (Å²) in [6.45, 7) is 6.24. The molecule has 1 aliphatic heterocycles. The molecular formula is C24H27F3N6O3. The summed E-state index contributed by atoms with van der Waals surface area (Å²) in [4.78, 5) is 24.9. The Morgan fingerprint density at radius 2 is 1.81 bits per heavy atom. The number of benzene rings is 1. The highest BCUT2D eigenvalue weighted by Crippen LogP contribution is 2.37. The fourth-order valence-corrected chi connectivity index (χ4v) is 3.72. The highest BCUT2D eigenvalue weighted by molar-refractivity contribution is 5.93. The molecule has 36 heavy (non-hydrogen) atoms. The molecule has 0 N–H and O–H groups in total. The molecule has 1 saturated heterocycles. The van der Waals surface area contributed by atoms with Gasteiger partial charge in [0.15, 0.2) is 5.65 Å². The third kappa shape index (κ3) is 5.69. The Hall–Kier alpha value is -3.83. The van der Waals surface area contributed by atoms with Gasteiger partial charge >= 0.3 is 12.5 Å². The Morgan fingerprint density at radius 1 is 1.14 bits per heavy atom. The van der Waals surface area contributed by atoms with Crippen molar-refractivity contribution < 1.29 is 27.4 Å². The molecule has 192 valence electrons. The van der Waals surface area contributed by atoms with E-state index in [2.05, 4.69) is 14.7 Å². The van der Waals surface area contributed by atoms with Crippen LogP contribution < -0.4 is 4.74 Å². The van der Waals surface area contributed by atoms with Crippen molar-refractivity contribution in [2.24, 2.45) is 4.99 Å². The first kappa shape index (κ1) is 25.3. The molecule has 1 amide bonds. The van der Waals surface area contributed by atoms with E-state index in [1.165, 1.54) is 24.3 Å². The topological polar surface area (TPSA) is 85.1 Å². The van der Waals surface area contributed by atoms with E-state index < -0.39 is 18.1 Å². The Balaban J connectivity index is 1.71. The number of ether oxygens (including phenoxy) is 2. The summed E-state index contributed by atoms with van der Waals surface area (Å²) in [6, 6.07) is 7.16. The summed E-state index contributed by atoms with van der Waals surface area (Å²) in [6.07, 6.45) is -1.92. The second-order valence-electron chi connectivity index (χ2n) is 9.66. The minimum absolute atomic E-state index is 0.0911. The second-order valence-corrected chi connectivity index (χ2v) is 9.66. The Morgan fingerprint density at radius 3 is 2.39 bits per heavy atom. The Bertz CT molecular complexity index is 1270. The average Bonchev–Trinajstić information content (AvgIpc) is 3.09. The molecule has 1 aromatic carbocycles. The number of aromatic nitrogens is 3. The van der Waals surface area contributed by atoms with Crippen molar-refractivity contribution in [2.45, 2.75) is 38.7 Å². The number of likely N-dealkylation sites (tertiary alicyclic amines) is 1. The fourth-order valence-electron chi connectivity index (χ4n) is 3.72. The third-order valence-corrected chi connectivity index (χ3v) is 5.24. The molecule has 0 spiro atoms. The smallest absolute Gasteiger partial charge is 0.444 e. The molecule has 3 aromatic rings. The van der Waals surface area contributed by atoms with Gasteiger partial charge in [-0.05, 0) is 51.1 Å². The normalized spacial score (nSPS) is 14.8. The maximum atomic E-state index is 12.6. The predicted octanol–water partition coefficient (Wildman–Crippen LogP) is 4.87. The van der Waals surface area contributed by atoms with E-state index in [4.69, 9.17) is 9.84 Å². The second kappa shape index (κ2) is 9.32. The molecule has 1 fully saturated rings. The van der Waals surface area contributed by atoms with Crippen molar-refractivity contribution in [3.63, 3.8) is 0 Å². The fraction of sp³-hybridized carbons (Fsp3) is 0.417. The van der Waals surface area contributed by atoms with E-state index in [9.17, 15) is 18.0 Å². The van der Waals surface area contributed by atoms with Crippen LogP contribution in [0.25, 0.3) is 16.7 Å². The van der Waals surface area contributed by atoms with Gasteiger partial charge in [-0.3, -0.25) is 0 Å². The summed E-state index contributed by atoms with van der Waals surface area (Å²) in [5, 5.41) is 5.48. The number of alkyl halides is 3. The number of hydrogen-bond donors (Lipinski definition) is 0. The van der Waals surface area contributed by atoms with E-state index in [-0.39, 0.29) is 11.7 Å². The number of rotatable bonds is 5. The summed E-state index contributed by atoms with van der Waals surface area (Å²) in [5.74, 6) is -0.425. The van der Waals surface area contributed by atoms with Crippen LogP contribution >= 0.6 is 0 Å². The van der Waals surface area contributed by atoms with E-state index >= 15 is 0 Å². The number of aliphatic imine (C=N–C) groups is 1. The van der Waals surface area contributed by atoms with Gasteiger partial charge < -0.3 is 19.3 Å². The van der Waals surface area contributed by atoms with E-state index in [1.807, 2.05) is 34.9 Å². The predicted molar refractivity (Wildman–Crippen MR) is 128 cm³/mol. The van der Waals surface area contributed by atoms with Crippen molar-refractivity contribution >= 4 is 29.2 Å². The number of carbonyl (C=O) groups is 1. The molecule has 0 atom stereocenters. The number of amides is 1. The van der Waals surface area contributed by atoms with Crippen molar-refractivity contribution in [3.05, 3.63) is 42.2 Å². The van der Waals surface area contributed by atoms with E-state index in [1.54, 1.807) is 33.1 Å². The van der Waals surface area contributed by atoms with Gasteiger partial charge in [0.1, 0.15) is 11.4 Å². The Kier molecular flexibility index (Phi) is 6.54. The van der Waals surface area contributed by atoms with Gasteiger partial charge in [0.2, 0.25) is 0 Å². The lowest BCUT2D eigenvalue weighted by Gasteiger charge is -2.39. The van der Waals surface area contributed by atoms with Gasteiger partial charge in [0, 0.05) is 39.3 Å². The lowest BCUT2D eigenvalue weighted by molar-refractivity contribution is -0.274. The zero-order chi connectivity index (χ0) is 26.3. The molecule has 0 radical (unpaired) electrons. The van der Waals surface area contributed by atoms with Gasteiger partial charge in [0.25, 0.3) is 0 Å². The van der Waals surface area contributed by atoms with Crippen LogP contribution in [0.4, 0.5) is 23.7 Å². The molecular weight excluding hydrogens is 477 g/mol. The third-order valence-electron chi connectivity index (χ3n) is 5.24. The largest absolute Gasteiger partial charge is 0.573 e. The van der Waals surface area contributed by atoms with Crippen LogP contribution in [0.1, 0.15) is 32.4 Å². The van der Waals surface area contributed by atoms with Crippen molar-refractivity contribution in [3.8, 4) is 11.4 Å². The van der Waals surface area contributed by atoms with Gasteiger partial charge in [-0.2, -0.15) is 5.10 Å². The Labute approximate surface area is 206 Å². The highest BCUT2D eigenvalue weighted by Gasteiger charge is 2.38. The SMILES string of the molecule is CN(C)/C=N/c1ccnc2c1c(C1CN(C(=O)OC(C)(C)C)C1)nn2-c1ccc(OC(F)(F)F)cc1. The standard InChI is InChI=1S/C24H27F3N6O3/c1-23(2,3)36-22(34)32-12-15(13-32)20-19-18(29-14-31(4)5)10-11-28-21(19)33(30-20)16-6-8-17(9-7-16)35-24(25,26)27/h6-11,14-15H,12-13H2,1-5H3/b29-14+. The first-order valence-electron chi connectivity index (χ1n) is 11.2. The lowest BCUT2D eigenvalue weighted by atomic mass is 9.94. The molecule has 0 saturated carbocycles. The molecule has 12 heteroatoms. The van der Waals surface area contributed by atoms with Gasteiger partial charge in [-0.1, -0.05) is 0 Å². The zero-order valence-electron chi connectivity index (χ0n) is 20.6. The minimum Gasteiger partial charge on any atom is -0.444 e. The maximum Gasteiger partial charge on any atom is 0.573 e. The van der Waals surface area contributed by atoms with Gasteiger partial charge in [-0.15, -0.1) is 13.2 Å². The average molecular weight is 505 g/mol. The number of halogens is 3. The van der Waals surface area contributed by atoms with Crippen LogP contribution in [0.15, 0.2) is 41.5 Å². The quantitative estimate of drug-likeness (QED) is 0.364. The monoisotopic (exact) mass is 504 g/mol. The lowest BCUT2D eigenvalue weighted by Crippen LogP contribution is -2.50. The summed E-state index contributed by atoms with van der Waals surface area (Å²) >= 11 is 0. The molecule has 9 nitrogen and oxygen atoms in total. The molecule has 2 aromatic heterocycles. The highest BCUT2D eigenvalue weighted by atomic mass is 19.4. The van der Waals surface area contributed by atoms with Crippen molar-refractivity contribution in [2.75, 3.05) is 27.2 Å². The molecule has 1 aliphatic rings. The van der Waals surface area contributed by atoms with Crippen LogP contribution in [0.3, 0.4) is 0 Å². The van der Waals surface area contributed by atoms with Crippen LogP contribution in [0.2, 0.25) is 0 Å². The molecule has 0 bridgehead atoms. The summed E-state index contributed by atoms with van der Waals surface area (Å²) in [7, 11) is 3.70. The zero-order valence-corrected chi connectivity index (χ0v) is 20.6. The summed E-state index contributed by atoms with van der Waals surface area (Å²) < 4.78 is 48.7. The van der Waals surface area contributed by atoms with E-state index in [0.717, 1.165) is 0 Å². The number of nitrogens with zero attached hydrogens (tertiary/aromatic N) is 6. The number of pyridine rings is 1. The number of fused-ring (bicyclic) bond motifs is 1. The van der Waals surface area contributed by atoms with Crippen LogP contribution in [0.5, 0.6) is 5.75 Å². The van der Waals surface area contributed by atoms with Gasteiger partial charge in [0.05, 0.1) is 28.8 Å². The molecule has 0 aliphatic carbocycles. The minimum atomic E-state index is -4.78. The number of carbonyl (C=O) groups excluding carboxylic acids is 1. The molecule has 0 unspecified atom stereocenters. The van der Waals surface area contributed by atoms with Crippen molar-refractivity contribution in [1.29, 1.82) is 0 Å². The van der Waals surface area contributed by atoms with Crippen LogP contribution in [-0.4, -0.2) is 76.1 Å². The van der Waals surface area contributed by atoms with Crippen LogP contribution in [0, 0.1) is 0 Å². The van der Waals surface area contributed by atoms with Gasteiger partial charge in [-0.25, -0.2) is 19.5 Å². The first-order chi connectivity index (χ1) is 16.8. The molecule has 4 rings (SSSR count). The van der Waals surface area contributed by atoms with Crippen LogP contribution in [-0.2, 0) is 4.74 Å². The summed E-state index contributed by atoms with van der Waals surface area (Å²) in [5.41, 5.74) is 1.74. The van der Waals surface area contributed by atoms with E-state index in [0.29, 0.717) is 41.2 Å². The van der Waals surface area contributed by atoms with Crippen molar-refractivity contribution in [1.82, 2.24) is 24.6 Å².